The van der Waals surface area contributed by atoms with Crippen molar-refractivity contribution in [1.82, 2.24) is 4.90 Å². The van der Waals surface area contributed by atoms with Gasteiger partial charge in [0, 0.05) is 11.1 Å². The summed E-state index contributed by atoms with van der Waals surface area (Å²) in [6, 6.07) is 5.01. The normalized spacial score (nSPS) is 12.4. The number of halogens is 1. The smallest absolute Gasteiger partial charge is 0.337 e. The monoisotopic (exact) mass is 312 g/mol. The summed E-state index contributed by atoms with van der Waals surface area (Å²) in [5.41, 5.74) is 0.848. The summed E-state index contributed by atoms with van der Waals surface area (Å²) in [5, 5.41) is 13.0. The van der Waals surface area contributed by atoms with E-state index in [2.05, 4.69) is 31.0 Å². The van der Waals surface area contributed by atoms with E-state index in [1.165, 1.54) is 6.07 Å². The van der Waals surface area contributed by atoms with E-state index in [0.717, 1.165) is 32.5 Å². The molecule has 0 aliphatic rings. The number of rotatable bonds is 9. The summed E-state index contributed by atoms with van der Waals surface area (Å²) in [7, 11) is 0. The van der Waals surface area contributed by atoms with Gasteiger partial charge in [-0.3, -0.25) is 0 Å². The molecule has 1 atom stereocenters. The van der Waals surface area contributed by atoms with Gasteiger partial charge in [-0.05, 0) is 57.6 Å². The Morgan fingerprint density at radius 1 is 1.38 bits per heavy atom. The van der Waals surface area contributed by atoms with Gasteiger partial charge in [-0.15, -0.1) is 0 Å². The SMILES string of the molecule is CCN(CC)CCCC(C)Nc1cc(Cl)ccc1C(=O)O. The predicted molar refractivity (Wildman–Crippen MR) is 88.5 cm³/mol. The first-order valence-corrected chi connectivity index (χ1v) is 7.87. The van der Waals surface area contributed by atoms with E-state index >= 15 is 0 Å². The van der Waals surface area contributed by atoms with Gasteiger partial charge in [0.1, 0.15) is 0 Å². The van der Waals surface area contributed by atoms with Crippen LogP contribution in [0, 0.1) is 0 Å². The fourth-order valence-corrected chi connectivity index (χ4v) is 2.49. The summed E-state index contributed by atoms with van der Waals surface area (Å²) >= 11 is 5.95. The lowest BCUT2D eigenvalue weighted by molar-refractivity contribution is 0.0698. The standard InChI is InChI=1S/C16H25ClN2O2/c1-4-19(5-2)10-6-7-12(3)18-15-11-13(17)8-9-14(15)16(20)21/h8-9,11-12,18H,4-7,10H2,1-3H3,(H,20,21). The first kappa shape index (κ1) is 17.8. The summed E-state index contributed by atoms with van der Waals surface area (Å²) in [4.78, 5) is 13.6. The van der Waals surface area contributed by atoms with E-state index in [4.69, 9.17) is 11.6 Å². The maximum Gasteiger partial charge on any atom is 0.337 e. The number of nitrogens with one attached hydrogen (secondary N) is 1. The van der Waals surface area contributed by atoms with Crippen molar-refractivity contribution < 1.29 is 9.90 Å². The second-order valence-corrected chi connectivity index (χ2v) is 5.65. The third-order valence-corrected chi connectivity index (χ3v) is 3.85. The van der Waals surface area contributed by atoms with E-state index in [-0.39, 0.29) is 11.6 Å². The van der Waals surface area contributed by atoms with Crippen molar-refractivity contribution in [3.8, 4) is 0 Å². The molecule has 118 valence electrons. The molecule has 21 heavy (non-hydrogen) atoms. The molecule has 0 amide bonds. The number of carboxylic acid groups (broad SMARTS) is 1. The van der Waals surface area contributed by atoms with Crippen LogP contribution in [0.3, 0.4) is 0 Å². The van der Waals surface area contributed by atoms with Crippen molar-refractivity contribution in [2.24, 2.45) is 0 Å². The maximum absolute atomic E-state index is 11.2. The Bertz CT molecular complexity index is 462. The summed E-state index contributed by atoms with van der Waals surface area (Å²) in [5.74, 6) is -0.940. The minimum absolute atomic E-state index is 0.206. The molecule has 0 fully saturated rings. The summed E-state index contributed by atoms with van der Waals surface area (Å²) in [6.07, 6.45) is 2.07. The van der Waals surface area contributed by atoms with Gasteiger partial charge in [-0.1, -0.05) is 25.4 Å². The topological polar surface area (TPSA) is 52.6 Å². The highest BCUT2D eigenvalue weighted by Crippen LogP contribution is 2.22. The third-order valence-electron chi connectivity index (χ3n) is 3.62. The highest BCUT2D eigenvalue weighted by Gasteiger charge is 2.12. The van der Waals surface area contributed by atoms with E-state index in [9.17, 15) is 9.90 Å². The predicted octanol–water partition coefficient (Wildman–Crippen LogP) is 3.96. The second kappa shape index (κ2) is 8.90. The number of nitrogens with zero attached hydrogens (tertiary/aromatic N) is 1. The molecular formula is C16H25ClN2O2. The Balaban J connectivity index is 2.56. The highest BCUT2D eigenvalue weighted by molar-refractivity contribution is 6.31. The average Bonchev–Trinajstić information content (AvgIpc) is 2.43. The quantitative estimate of drug-likeness (QED) is 0.724. The number of hydrogen-bond acceptors (Lipinski definition) is 3. The highest BCUT2D eigenvalue weighted by atomic mass is 35.5. The van der Waals surface area contributed by atoms with E-state index in [1.807, 2.05) is 0 Å². The molecule has 0 spiro atoms. The maximum atomic E-state index is 11.2. The Morgan fingerprint density at radius 3 is 2.62 bits per heavy atom. The lowest BCUT2D eigenvalue weighted by atomic mass is 10.1. The number of anilines is 1. The molecule has 2 N–H and O–H groups in total. The van der Waals surface area contributed by atoms with Gasteiger partial charge in [-0.25, -0.2) is 4.79 Å². The molecule has 0 heterocycles. The molecule has 0 aliphatic heterocycles. The fraction of sp³-hybridized carbons (Fsp3) is 0.562. The minimum atomic E-state index is -0.940. The van der Waals surface area contributed by atoms with Crippen LogP contribution in [0.1, 0.15) is 44.0 Å². The number of carboxylic acids is 1. The van der Waals surface area contributed by atoms with Crippen LogP contribution < -0.4 is 5.32 Å². The zero-order valence-corrected chi connectivity index (χ0v) is 13.8. The van der Waals surface area contributed by atoms with E-state index < -0.39 is 5.97 Å². The molecule has 5 heteroatoms. The van der Waals surface area contributed by atoms with Crippen LogP contribution in [0.4, 0.5) is 5.69 Å². The van der Waals surface area contributed by atoms with Crippen molar-refractivity contribution in [1.29, 1.82) is 0 Å². The van der Waals surface area contributed by atoms with Crippen molar-refractivity contribution in [2.75, 3.05) is 25.0 Å². The molecule has 1 aromatic rings. The van der Waals surface area contributed by atoms with Gasteiger partial charge in [0.15, 0.2) is 0 Å². The number of hydrogen-bond donors (Lipinski definition) is 2. The molecule has 4 nitrogen and oxygen atoms in total. The minimum Gasteiger partial charge on any atom is -0.478 e. The van der Waals surface area contributed by atoms with Crippen molar-refractivity contribution in [3.63, 3.8) is 0 Å². The van der Waals surface area contributed by atoms with E-state index in [1.54, 1.807) is 12.1 Å². The molecule has 0 aliphatic carbocycles. The lowest BCUT2D eigenvalue weighted by Gasteiger charge is -2.21. The van der Waals surface area contributed by atoms with Crippen molar-refractivity contribution in [3.05, 3.63) is 28.8 Å². The van der Waals surface area contributed by atoms with Crippen molar-refractivity contribution in [2.45, 2.75) is 39.7 Å². The third kappa shape index (κ3) is 5.94. The van der Waals surface area contributed by atoms with Crippen LogP contribution in [0.2, 0.25) is 5.02 Å². The largest absolute Gasteiger partial charge is 0.478 e. The zero-order valence-electron chi connectivity index (χ0n) is 13.0. The fourth-order valence-electron chi connectivity index (χ4n) is 2.32. The van der Waals surface area contributed by atoms with E-state index in [0.29, 0.717) is 10.7 Å². The summed E-state index contributed by atoms with van der Waals surface area (Å²) < 4.78 is 0. The molecule has 0 bridgehead atoms. The van der Waals surface area contributed by atoms with Gasteiger partial charge in [0.2, 0.25) is 0 Å². The second-order valence-electron chi connectivity index (χ2n) is 5.21. The Labute approximate surface area is 132 Å². The summed E-state index contributed by atoms with van der Waals surface area (Å²) in [6.45, 7) is 9.59. The van der Waals surface area contributed by atoms with Crippen LogP contribution in [-0.4, -0.2) is 41.7 Å². The van der Waals surface area contributed by atoms with Gasteiger partial charge in [0.05, 0.1) is 11.3 Å². The molecule has 1 rings (SSSR count). The number of benzene rings is 1. The first-order valence-electron chi connectivity index (χ1n) is 7.49. The number of aromatic carboxylic acids is 1. The van der Waals surface area contributed by atoms with Crippen LogP contribution in [0.25, 0.3) is 0 Å². The Kier molecular flexibility index (Phi) is 7.54. The van der Waals surface area contributed by atoms with Crippen LogP contribution >= 0.6 is 11.6 Å². The first-order chi connectivity index (χ1) is 9.97. The molecular weight excluding hydrogens is 288 g/mol. The molecule has 0 aromatic heterocycles. The molecule has 0 radical (unpaired) electrons. The zero-order chi connectivity index (χ0) is 15.8. The molecule has 0 saturated heterocycles. The van der Waals surface area contributed by atoms with Gasteiger partial charge < -0.3 is 15.3 Å². The van der Waals surface area contributed by atoms with Gasteiger partial charge in [0.25, 0.3) is 0 Å². The Morgan fingerprint density at radius 2 is 2.05 bits per heavy atom. The van der Waals surface area contributed by atoms with Crippen LogP contribution in [0.15, 0.2) is 18.2 Å². The lowest BCUT2D eigenvalue weighted by Crippen LogP contribution is -2.26. The van der Waals surface area contributed by atoms with Crippen LogP contribution in [-0.2, 0) is 0 Å². The average molecular weight is 313 g/mol. The van der Waals surface area contributed by atoms with Gasteiger partial charge in [-0.2, -0.15) is 0 Å². The molecule has 1 unspecified atom stereocenters. The van der Waals surface area contributed by atoms with Crippen molar-refractivity contribution >= 4 is 23.3 Å². The van der Waals surface area contributed by atoms with Crippen LogP contribution in [0.5, 0.6) is 0 Å². The Hall–Kier alpha value is -1.26. The number of carbonyl (C=O) groups is 1. The molecule has 1 aromatic carbocycles. The van der Waals surface area contributed by atoms with Gasteiger partial charge >= 0.3 is 5.97 Å². The molecule has 0 saturated carbocycles.